The van der Waals surface area contributed by atoms with Crippen LogP contribution in [0.15, 0.2) is 45.7 Å². The fourth-order valence-electron chi connectivity index (χ4n) is 1.44. The molecule has 0 radical (unpaired) electrons. The van der Waals surface area contributed by atoms with Crippen LogP contribution in [0.25, 0.3) is 0 Å². The Kier molecular flexibility index (Phi) is 4.12. The smallest absolute Gasteiger partial charge is 0.146 e. The lowest BCUT2D eigenvalue weighted by Crippen LogP contribution is -1.95. The van der Waals surface area contributed by atoms with E-state index in [-0.39, 0.29) is 0 Å². The van der Waals surface area contributed by atoms with Crippen LogP contribution in [0.2, 0.25) is 0 Å². The van der Waals surface area contributed by atoms with E-state index in [9.17, 15) is 0 Å². The number of hydrogen-bond acceptors (Lipinski definition) is 4. The Balaban J connectivity index is 1.92. The van der Waals surface area contributed by atoms with Crippen LogP contribution in [0.4, 0.5) is 0 Å². The molecule has 0 aliphatic heterocycles. The quantitative estimate of drug-likeness (QED) is 0.827. The molecule has 0 unspecified atom stereocenters. The van der Waals surface area contributed by atoms with Crippen molar-refractivity contribution in [1.29, 1.82) is 0 Å². The third-order valence-corrected chi connectivity index (χ3v) is 3.10. The number of benzene rings is 1. The Labute approximate surface area is 105 Å². The summed E-state index contributed by atoms with van der Waals surface area (Å²) in [5.41, 5.74) is 5.47. The van der Waals surface area contributed by atoms with Gasteiger partial charge in [0.1, 0.15) is 23.9 Å². The molecule has 2 aromatic rings. The first-order valence-electron chi connectivity index (χ1n) is 5.36. The van der Waals surface area contributed by atoms with Crippen molar-refractivity contribution in [2.75, 3.05) is 6.26 Å². The minimum Gasteiger partial charge on any atom is -0.486 e. The van der Waals surface area contributed by atoms with Crippen LogP contribution in [0.5, 0.6) is 5.75 Å². The lowest BCUT2D eigenvalue weighted by molar-refractivity contribution is 0.266. The minimum absolute atomic E-state index is 0.419. The van der Waals surface area contributed by atoms with Gasteiger partial charge in [0.2, 0.25) is 0 Å². The second kappa shape index (κ2) is 5.80. The normalized spacial score (nSPS) is 10.5. The third-order valence-electron chi connectivity index (χ3n) is 2.36. The summed E-state index contributed by atoms with van der Waals surface area (Å²) in [6.07, 6.45) is 2.05. The number of ether oxygens (including phenoxy) is 1. The Morgan fingerprint density at radius 3 is 2.41 bits per heavy atom. The highest BCUT2D eigenvalue weighted by molar-refractivity contribution is 7.98. The number of nitrogens with two attached hydrogens (primary N) is 1. The van der Waals surface area contributed by atoms with Gasteiger partial charge in [-0.2, -0.15) is 0 Å². The number of hydrogen-bond donors (Lipinski definition) is 1. The van der Waals surface area contributed by atoms with Gasteiger partial charge in [-0.25, -0.2) is 0 Å². The molecule has 2 rings (SSSR count). The Hall–Kier alpha value is -1.39. The highest BCUT2D eigenvalue weighted by atomic mass is 32.2. The van der Waals surface area contributed by atoms with Crippen molar-refractivity contribution in [2.24, 2.45) is 5.73 Å². The minimum atomic E-state index is 0.419. The Morgan fingerprint density at radius 2 is 1.82 bits per heavy atom. The first-order chi connectivity index (χ1) is 8.31. The standard InChI is InChI=1S/C13H15NO2S/c1-17-13-6-4-10(5-7-13)15-9-12-3-2-11(8-14)16-12/h2-7H,8-9,14H2,1H3. The molecule has 2 N–H and O–H groups in total. The summed E-state index contributed by atoms with van der Waals surface area (Å²) >= 11 is 1.71. The predicted octanol–water partition coefficient (Wildman–Crippen LogP) is 3.04. The van der Waals surface area contributed by atoms with Crippen LogP contribution in [0.3, 0.4) is 0 Å². The molecule has 17 heavy (non-hydrogen) atoms. The second-order valence-corrected chi connectivity index (χ2v) is 4.42. The van der Waals surface area contributed by atoms with Crippen LogP contribution in [-0.4, -0.2) is 6.26 Å². The molecule has 0 amide bonds. The van der Waals surface area contributed by atoms with Crippen molar-refractivity contribution in [3.05, 3.63) is 47.9 Å². The van der Waals surface area contributed by atoms with E-state index in [2.05, 4.69) is 0 Å². The maximum atomic E-state index is 5.61. The Bertz CT molecular complexity index is 465. The van der Waals surface area contributed by atoms with E-state index >= 15 is 0 Å². The Morgan fingerprint density at radius 1 is 1.12 bits per heavy atom. The topological polar surface area (TPSA) is 48.4 Å². The van der Waals surface area contributed by atoms with Gasteiger partial charge in [0, 0.05) is 4.90 Å². The van der Waals surface area contributed by atoms with Gasteiger partial charge < -0.3 is 14.9 Å². The van der Waals surface area contributed by atoms with E-state index in [1.54, 1.807) is 11.8 Å². The molecule has 0 spiro atoms. The molecule has 1 aromatic carbocycles. The maximum Gasteiger partial charge on any atom is 0.146 e. The van der Waals surface area contributed by atoms with Gasteiger partial charge in [0.05, 0.1) is 6.54 Å². The van der Waals surface area contributed by atoms with E-state index < -0.39 is 0 Å². The molecule has 0 fully saturated rings. The van der Waals surface area contributed by atoms with E-state index in [4.69, 9.17) is 14.9 Å². The van der Waals surface area contributed by atoms with Crippen molar-refractivity contribution in [3.63, 3.8) is 0 Å². The average Bonchev–Trinajstić information content (AvgIpc) is 2.85. The maximum absolute atomic E-state index is 5.61. The first-order valence-corrected chi connectivity index (χ1v) is 6.59. The van der Waals surface area contributed by atoms with Crippen LogP contribution in [-0.2, 0) is 13.2 Å². The molecule has 4 heteroatoms. The van der Waals surface area contributed by atoms with Crippen molar-refractivity contribution >= 4 is 11.8 Å². The summed E-state index contributed by atoms with van der Waals surface area (Å²) in [5, 5.41) is 0. The molecule has 1 aromatic heterocycles. The number of furan rings is 1. The molecule has 0 bridgehead atoms. The van der Waals surface area contributed by atoms with Crippen molar-refractivity contribution in [2.45, 2.75) is 18.0 Å². The average molecular weight is 249 g/mol. The molecule has 0 saturated heterocycles. The van der Waals surface area contributed by atoms with Crippen molar-refractivity contribution < 1.29 is 9.15 Å². The fraction of sp³-hybridized carbons (Fsp3) is 0.231. The highest BCUT2D eigenvalue weighted by Gasteiger charge is 2.01. The number of rotatable bonds is 5. The molecule has 90 valence electrons. The molecular formula is C13H15NO2S. The number of thioether (sulfide) groups is 1. The van der Waals surface area contributed by atoms with E-state index in [0.29, 0.717) is 13.2 Å². The molecular weight excluding hydrogens is 234 g/mol. The second-order valence-electron chi connectivity index (χ2n) is 3.54. The highest BCUT2D eigenvalue weighted by Crippen LogP contribution is 2.20. The predicted molar refractivity (Wildman–Crippen MR) is 69.2 cm³/mol. The lowest BCUT2D eigenvalue weighted by atomic mass is 10.3. The monoisotopic (exact) mass is 249 g/mol. The van der Waals surface area contributed by atoms with Gasteiger partial charge in [0.25, 0.3) is 0 Å². The molecule has 0 atom stereocenters. The lowest BCUT2D eigenvalue weighted by Gasteiger charge is -2.04. The summed E-state index contributed by atoms with van der Waals surface area (Å²) in [6.45, 7) is 0.848. The van der Waals surface area contributed by atoms with Crippen molar-refractivity contribution in [3.8, 4) is 5.75 Å². The summed E-state index contributed by atoms with van der Waals surface area (Å²) in [5.74, 6) is 2.41. The molecule has 3 nitrogen and oxygen atoms in total. The SMILES string of the molecule is CSc1ccc(OCc2ccc(CN)o2)cc1. The zero-order valence-electron chi connectivity index (χ0n) is 9.68. The van der Waals surface area contributed by atoms with E-state index in [1.165, 1.54) is 4.90 Å². The van der Waals surface area contributed by atoms with Crippen LogP contribution >= 0.6 is 11.8 Å². The van der Waals surface area contributed by atoms with Gasteiger partial charge in [-0.1, -0.05) is 0 Å². The van der Waals surface area contributed by atoms with Crippen LogP contribution in [0.1, 0.15) is 11.5 Å². The van der Waals surface area contributed by atoms with Gasteiger partial charge in [-0.15, -0.1) is 11.8 Å². The van der Waals surface area contributed by atoms with Gasteiger partial charge in [-0.3, -0.25) is 0 Å². The zero-order valence-corrected chi connectivity index (χ0v) is 10.5. The van der Waals surface area contributed by atoms with Crippen LogP contribution in [0, 0.1) is 0 Å². The van der Waals surface area contributed by atoms with Gasteiger partial charge >= 0.3 is 0 Å². The molecule has 1 heterocycles. The summed E-state index contributed by atoms with van der Waals surface area (Å²) in [4.78, 5) is 1.22. The van der Waals surface area contributed by atoms with Gasteiger partial charge in [0.15, 0.2) is 0 Å². The largest absolute Gasteiger partial charge is 0.486 e. The fourth-order valence-corrected chi connectivity index (χ4v) is 1.84. The van der Waals surface area contributed by atoms with E-state index in [1.807, 2.05) is 42.7 Å². The van der Waals surface area contributed by atoms with Crippen LogP contribution < -0.4 is 10.5 Å². The third kappa shape index (κ3) is 3.28. The first kappa shape index (κ1) is 12.1. The summed E-state index contributed by atoms with van der Waals surface area (Å²) < 4.78 is 11.1. The van der Waals surface area contributed by atoms with Crippen molar-refractivity contribution in [1.82, 2.24) is 0 Å². The van der Waals surface area contributed by atoms with Gasteiger partial charge in [-0.05, 0) is 42.7 Å². The molecule has 0 aliphatic carbocycles. The summed E-state index contributed by atoms with van der Waals surface area (Å²) in [6, 6.07) is 11.7. The molecule has 0 aliphatic rings. The van der Waals surface area contributed by atoms with E-state index in [0.717, 1.165) is 17.3 Å². The zero-order chi connectivity index (χ0) is 12.1. The molecule has 0 saturated carbocycles. The summed E-state index contributed by atoms with van der Waals surface area (Å²) in [7, 11) is 0.